The summed E-state index contributed by atoms with van der Waals surface area (Å²) in [7, 11) is 1.54. The van der Waals surface area contributed by atoms with Gasteiger partial charge in [0.2, 0.25) is 11.8 Å². The van der Waals surface area contributed by atoms with Gasteiger partial charge in [0.25, 0.3) is 0 Å². The van der Waals surface area contributed by atoms with Gasteiger partial charge in [-0.15, -0.1) is 0 Å². The van der Waals surface area contributed by atoms with E-state index in [2.05, 4.69) is 15.9 Å². The Hall–Kier alpha value is -1.16. The summed E-state index contributed by atoms with van der Waals surface area (Å²) >= 11 is 3.38. The molecule has 0 spiro atoms. The van der Waals surface area contributed by atoms with E-state index in [9.17, 15) is 9.59 Å². The summed E-state index contributed by atoms with van der Waals surface area (Å²) in [5.74, 6) is -0.518. The molecule has 2 rings (SSSR count). The van der Waals surface area contributed by atoms with E-state index >= 15 is 0 Å². The van der Waals surface area contributed by atoms with E-state index in [1.165, 1.54) is 11.9 Å². The van der Waals surface area contributed by atoms with Crippen molar-refractivity contribution < 1.29 is 9.59 Å². The molecule has 1 saturated heterocycles. The summed E-state index contributed by atoms with van der Waals surface area (Å²) in [5.41, 5.74) is 1.99. The van der Waals surface area contributed by atoms with Gasteiger partial charge in [0.1, 0.15) is 0 Å². The zero-order valence-electron chi connectivity index (χ0n) is 9.16. The van der Waals surface area contributed by atoms with Gasteiger partial charge in [-0.25, -0.2) is 0 Å². The van der Waals surface area contributed by atoms with Gasteiger partial charge in [-0.3, -0.25) is 14.5 Å². The number of carbonyl (C=O) groups excluding carboxylic acids is 2. The highest BCUT2D eigenvalue weighted by molar-refractivity contribution is 9.10. The fourth-order valence-corrected chi connectivity index (χ4v) is 2.36. The minimum Gasteiger partial charge on any atom is -0.285 e. The van der Waals surface area contributed by atoms with Crippen molar-refractivity contribution in [3.8, 4) is 0 Å². The summed E-state index contributed by atoms with van der Waals surface area (Å²) in [6.07, 6.45) is 0.284. The van der Waals surface area contributed by atoms with Gasteiger partial charge >= 0.3 is 0 Å². The summed E-state index contributed by atoms with van der Waals surface area (Å²) in [4.78, 5) is 24.5. The number of benzene rings is 1. The molecular formula is C12H12BrNO2. The Kier molecular flexibility index (Phi) is 2.84. The lowest BCUT2D eigenvalue weighted by molar-refractivity contribution is -0.137. The lowest BCUT2D eigenvalue weighted by Gasteiger charge is -2.12. The van der Waals surface area contributed by atoms with Crippen LogP contribution in [0.5, 0.6) is 0 Å². The predicted molar refractivity (Wildman–Crippen MR) is 64.0 cm³/mol. The fourth-order valence-electron chi connectivity index (χ4n) is 1.99. The molecule has 16 heavy (non-hydrogen) atoms. The second kappa shape index (κ2) is 4.01. The number of halogens is 1. The molecule has 1 fully saturated rings. The van der Waals surface area contributed by atoms with Crippen molar-refractivity contribution >= 4 is 27.7 Å². The highest BCUT2D eigenvalue weighted by Gasteiger charge is 2.37. The Morgan fingerprint density at radius 3 is 2.62 bits per heavy atom. The second-order valence-electron chi connectivity index (χ2n) is 4.05. The summed E-state index contributed by atoms with van der Waals surface area (Å²) in [6.45, 7) is 1.96. The fraction of sp³-hybridized carbons (Fsp3) is 0.333. The molecule has 0 aromatic heterocycles. The quantitative estimate of drug-likeness (QED) is 0.741. The SMILES string of the molecule is Cc1ccc(Br)cc1C1CC(=O)N(C)C1=O. The van der Waals surface area contributed by atoms with Crippen LogP contribution in [0.15, 0.2) is 22.7 Å². The minimum atomic E-state index is -0.310. The molecule has 1 atom stereocenters. The van der Waals surface area contributed by atoms with Crippen LogP contribution in [0.1, 0.15) is 23.5 Å². The first-order chi connectivity index (χ1) is 7.50. The van der Waals surface area contributed by atoms with Crippen molar-refractivity contribution in [3.63, 3.8) is 0 Å². The Morgan fingerprint density at radius 1 is 1.38 bits per heavy atom. The zero-order valence-corrected chi connectivity index (χ0v) is 10.7. The molecule has 1 aliphatic rings. The zero-order chi connectivity index (χ0) is 11.9. The summed E-state index contributed by atoms with van der Waals surface area (Å²) < 4.78 is 0.933. The Labute approximate surface area is 103 Å². The predicted octanol–water partition coefficient (Wildman–Crippen LogP) is 2.23. The van der Waals surface area contributed by atoms with Crippen LogP contribution in [-0.2, 0) is 9.59 Å². The number of amides is 2. The van der Waals surface area contributed by atoms with Gasteiger partial charge in [0.05, 0.1) is 5.92 Å². The van der Waals surface area contributed by atoms with E-state index in [0.29, 0.717) is 0 Å². The van der Waals surface area contributed by atoms with Crippen LogP contribution in [0.3, 0.4) is 0 Å². The van der Waals surface area contributed by atoms with Crippen LogP contribution in [0.4, 0.5) is 0 Å². The minimum absolute atomic E-state index is 0.102. The molecule has 84 valence electrons. The standard InChI is InChI=1S/C12H12BrNO2/c1-7-3-4-8(13)5-9(7)10-6-11(15)14(2)12(10)16/h3-5,10H,6H2,1-2H3. The van der Waals surface area contributed by atoms with E-state index < -0.39 is 0 Å². The van der Waals surface area contributed by atoms with Gasteiger partial charge in [0.15, 0.2) is 0 Å². The molecule has 3 nitrogen and oxygen atoms in total. The first-order valence-corrected chi connectivity index (χ1v) is 5.86. The molecule has 0 aliphatic carbocycles. The monoisotopic (exact) mass is 281 g/mol. The topological polar surface area (TPSA) is 37.4 Å². The van der Waals surface area contributed by atoms with Crippen molar-refractivity contribution in [2.24, 2.45) is 0 Å². The van der Waals surface area contributed by atoms with Gasteiger partial charge < -0.3 is 0 Å². The molecule has 0 N–H and O–H groups in total. The van der Waals surface area contributed by atoms with E-state index in [1.54, 1.807) is 0 Å². The van der Waals surface area contributed by atoms with E-state index in [-0.39, 0.29) is 24.2 Å². The largest absolute Gasteiger partial charge is 0.285 e. The number of carbonyl (C=O) groups is 2. The van der Waals surface area contributed by atoms with Crippen LogP contribution in [0.2, 0.25) is 0 Å². The second-order valence-corrected chi connectivity index (χ2v) is 4.96. The maximum atomic E-state index is 11.9. The summed E-state index contributed by atoms with van der Waals surface area (Å²) in [5, 5.41) is 0. The number of nitrogens with zero attached hydrogens (tertiary/aromatic N) is 1. The first-order valence-electron chi connectivity index (χ1n) is 5.07. The summed E-state index contributed by atoms with van der Waals surface area (Å²) in [6, 6.07) is 5.81. The molecule has 1 heterocycles. The highest BCUT2D eigenvalue weighted by Crippen LogP contribution is 2.32. The van der Waals surface area contributed by atoms with Crippen LogP contribution in [0.25, 0.3) is 0 Å². The van der Waals surface area contributed by atoms with E-state index in [0.717, 1.165) is 15.6 Å². The number of likely N-dealkylation sites (N-methyl/N-ethyl adjacent to an activating group) is 1. The van der Waals surface area contributed by atoms with Crippen molar-refractivity contribution in [2.45, 2.75) is 19.3 Å². The Morgan fingerprint density at radius 2 is 2.06 bits per heavy atom. The van der Waals surface area contributed by atoms with Gasteiger partial charge in [-0.2, -0.15) is 0 Å². The molecule has 0 bridgehead atoms. The number of hydrogen-bond acceptors (Lipinski definition) is 2. The molecule has 2 amide bonds. The average molecular weight is 282 g/mol. The lowest BCUT2D eigenvalue weighted by Crippen LogP contribution is -2.25. The Bertz CT molecular complexity index is 470. The number of rotatable bonds is 1. The maximum absolute atomic E-state index is 11.9. The van der Waals surface area contributed by atoms with Crippen molar-refractivity contribution in [3.05, 3.63) is 33.8 Å². The van der Waals surface area contributed by atoms with E-state index in [4.69, 9.17) is 0 Å². The smallest absolute Gasteiger partial charge is 0.236 e. The van der Waals surface area contributed by atoms with E-state index in [1.807, 2.05) is 25.1 Å². The molecule has 1 aromatic rings. The first kappa shape index (κ1) is 11.3. The third-order valence-corrected chi connectivity index (χ3v) is 3.49. The van der Waals surface area contributed by atoms with Gasteiger partial charge in [-0.1, -0.05) is 22.0 Å². The lowest BCUT2D eigenvalue weighted by atomic mass is 9.93. The maximum Gasteiger partial charge on any atom is 0.236 e. The van der Waals surface area contributed by atoms with Crippen molar-refractivity contribution in [2.75, 3.05) is 7.05 Å². The third kappa shape index (κ3) is 1.78. The molecule has 0 saturated carbocycles. The van der Waals surface area contributed by atoms with Gasteiger partial charge in [-0.05, 0) is 30.2 Å². The molecule has 1 unspecified atom stereocenters. The third-order valence-electron chi connectivity index (χ3n) is 3.00. The number of hydrogen-bond donors (Lipinski definition) is 0. The van der Waals surface area contributed by atoms with Crippen molar-refractivity contribution in [1.29, 1.82) is 0 Å². The number of imide groups is 1. The molecule has 1 aromatic carbocycles. The molecular weight excluding hydrogens is 270 g/mol. The van der Waals surface area contributed by atoms with Crippen LogP contribution >= 0.6 is 15.9 Å². The normalized spacial score (nSPS) is 20.7. The Balaban J connectivity index is 2.42. The molecule has 4 heteroatoms. The number of likely N-dealkylation sites (tertiary alicyclic amines) is 1. The number of aryl methyl sites for hydroxylation is 1. The highest BCUT2D eigenvalue weighted by atomic mass is 79.9. The average Bonchev–Trinajstić information content (AvgIpc) is 2.50. The van der Waals surface area contributed by atoms with Gasteiger partial charge in [0, 0.05) is 17.9 Å². The van der Waals surface area contributed by atoms with Crippen molar-refractivity contribution in [1.82, 2.24) is 4.90 Å². The van der Waals surface area contributed by atoms with Crippen LogP contribution < -0.4 is 0 Å². The molecule has 1 aliphatic heterocycles. The van der Waals surface area contributed by atoms with Crippen LogP contribution in [0, 0.1) is 6.92 Å². The molecule has 0 radical (unpaired) electrons. The van der Waals surface area contributed by atoms with Crippen LogP contribution in [-0.4, -0.2) is 23.8 Å².